The van der Waals surface area contributed by atoms with Crippen LogP contribution in [0.15, 0.2) is 0 Å². The quantitative estimate of drug-likeness (QED) is 0.709. The van der Waals surface area contributed by atoms with Crippen molar-refractivity contribution in [3.8, 4) is 0 Å². The Kier molecular flexibility index (Phi) is 4.72. The lowest BCUT2D eigenvalue weighted by atomic mass is 9.62. The summed E-state index contributed by atoms with van der Waals surface area (Å²) in [6.45, 7) is 0. The molecule has 1 unspecified atom stereocenters. The fraction of sp³-hybridized carbons (Fsp3) is 1.00. The van der Waals surface area contributed by atoms with E-state index >= 15 is 0 Å². The number of rotatable bonds is 1. The minimum Gasteiger partial charge on any atom is -0.316 e. The highest BCUT2D eigenvalue weighted by molar-refractivity contribution is 5.85. The van der Waals surface area contributed by atoms with E-state index in [-0.39, 0.29) is 12.4 Å². The molecular formula is C12H24ClN. The van der Waals surface area contributed by atoms with Gasteiger partial charge in [0.15, 0.2) is 0 Å². The van der Waals surface area contributed by atoms with Crippen LogP contribution in [0.2, 0.25) is 0 Å². The summed E-state index contributed by atoms with van der Waals surface area (Å²) in [5.41, 5.74) is 0.714. The van der Waals surface area contributed by atoms with Crippen LogP contribution in [0.3, 0.4) is 0 Å². The molecule has 0 aromatic heterocycles. The molecule has 1 spiro atoms. The molecule has 1 nitrogen and oxygen atoms in total. The molecule has 0 amide bonds. The maximum absolute atomic E-state index is 3.56. The van der Waals surface area contributed by atoms with Crippen LogP contribution < -0.4 is 5.32 Å². The van der Waals surface area contributed by atoms with Gasteiger partial charge in [0.1, 0.15) is 0 Å². The van der Waals surface area contributed by atoms with Crippen molar-refractivity contribution in [2.75, 3.05) is 7.05 Å². The topological polar surface area (TPSA) is 12.0 Å². The minimum atomic E-state index is 0. The second kappa shape index (κ2) is 5.37. The van der Waals surface area contributed by atoms with Crippen LogP contribution in [0.25, 0.3) is 0 Å². The van der Waals surface area contributed by atoms with Crippen LogP contribution in [0.5, 0.6) is 0 Å². The van der Waals surface area contributed by atoms with Gasteiger partial charge in [-0.3, -0.25) is 0 Å². The van der Waals surface area contributed by atoms with Gasteiger partial charge in [0.25, 0.3) is 0 Å². The molecule has 1 atom stereocenters. The molecule has 84 valence electrons. The SMILES string of the molecule is CNC1CCCCC12CCCCC2.Cl. The lowest BCUT2D eigenvalue weighted by Gasteiger charge is -2.47. The molecule has 2 aliphatic rings. The number of halogens is 1. The van der Waals surface area contributed by atoms with Crippen molar-refractivity contribution in [2.24, 2.45) is 5.41 Å². The third-order valence-electron chi connectivity index (χ3n) is 4.35. The molecule has 0 radical (unpaired) electrons. The molecule has 0 heterocycles. The highest BCUT2D eigenvalue weighted by atomic mass is 35.5. The molecule has 0 bridgehead atoms. The van der Waals surface area contributed by atoms with Crippen molar-refractivity contribution in [3.63, 3.8) is 0 Å². The van der Waals surface area contributed by atoms with E-state index in [0.29, 0.717) is 5.41 Å². The highest BCUT2D eigenvalue weighted by Gasteiger charge is 2.40. The molecule has 0 aromatic rings. The first-order valence-electron chi connectivity index (χ1n) is 6.05. The average molecular weight is 218 g/mol. The molecular weight excluding hydrogens is 194 g/mol. The molecule has 0 saturated heterocycles. The van der Waals surface area contributed by atoms with Crippen LogP contribution in [0.1, 0.15) is 57.8 Å². The van der Waals surface area contributed by atoms with Crippen LogP contribution >= 0.6 is 12.4 Å². The fourth-order valence-electron chi connectivity index (χ4n) is 3.61. The van der Waals surface area contributed by atoms with E-state index in [1.165, 1.54) is 57.8 Å². The molecule has 14 heavy (non-hydrogen) atoms. The molecule has 2 rings (SSSR count). The van der Waals surface area contributed by atoms with Gasteiger partial charge in [-0.05, 0) is 38.1 Å². The molecule has 1 N–H and O–H groups in total. The predicted molar refractivity (Wildman–Crippen MR) is 64.1 cm³/mol. The third kappa shape index (κ3) is 2.25. The summed E-state index contributed by atoms with van der Waals surface area (Å²) in [6.07, 6.45) is 13.3. The van der Waals surface area contributed by atoms with Crippen LogP contribution in [0.4, 0.5) is 0 Å². The summed E-state index contributed by atoms with van der Waals surface area (Å²) in [4.78, 5) is 0. The Balaban J connectivity index is 0.000000980. The van der Waals surface area contributed by atoms with Gasteiger partial charge in [-0.25, -0.2) is 0 Å². The van der Waals surface area contributed by atoms with Gasteiger partial charge < -0.3 is 5.32 Å². The zero-order valence-electron chi connectivity index (χ0n) is 9.35. The van der Waals surface area contributed by atoms with E-state index in [2.05, 4.69) is 12.4 Å². The van der Waals surface area contributed by atoms with E-state index in [0.717, 1.165) is 6.04 Å². The monoisotopic (exact) mass is 217 g/mol. The predicted octanol–water partition coefficient (Wildman–Crippen LogP) is 3.52. The average Bonchev–Trinajstić information content (AvgIpc) is 2.20. The maximum Gasteiger partial charge on any atom is 0.0120 e. The molecule has 0 aromatic carbocycles. The Bertz CT molecular complexity index is 155. The van der Waals surface area contributed by atoms with Crippen molar-refractivity contribution < 1.29 is 0 Å². The van der Waals surface area contributed by atoms with Gasteiger partial charge in [0.2, 0.25) is 0 Å². The van der Waals surface area contributed by atoms with Crippen LogP contribution in [0, 0.1) is 5.41 Å². The van der Waals surface area contributed by atoms with E-state index in [1.54, 1.807) is 0 Å². The number of hydrogen-bond acceptors (Lipinski definition) is 1. The molecule has 2 heteroatoms. The van der Waals surface area contributed by atoms with Crippen molar-refractivity contribution >= 4 is 12.4 Å². The Hall–Kier alpha value is 0.250. The second-order valence-corrected chi connectivity index (χ2v) is 5.01. The number of nitrogens with one attached hydrogen (secondary N) is 1. The standard InChI is InChI=1S/C12H23N.ClH/c1-13-11-7-3-6-10-12(11)8-4-2-5-9-12;/h11,13H,2-10H2,1H3;1H. The molecule has 2 fully saturated rings. The normalized spacial score (nSPS) is 31.1. The van der Waals surface area contributed by atoms with Gasteiger partial charge in [-0.15, -0.1) is 12.4 Å². The Morgan fingerprint density at radius 1 is 0.929 bits per heavy atom. The first-order valence-corrected chi connectivity index (χ1v) is 6.05. The first-order chi connectivity index (χ1) is 6.37. The first kappa shape index (κ1) is 12.3. The van der Waals surface area contributed by atoms with Crippen molar-refractivity contribution in [2.45, 2.75) is 63.8 Å². The lowest BCUT2D eigenvalue weighted by Crippen LogP contribution is -2.47. The smallest absolute Gasteiger partial charge is 0.0120 e. The van der Waals surface area contributed by atoms with Crippen LogP contribution in [-0.2, 0) is 0 Å². The van der Waals surface area contributed by atoms with Gasteiger partial charge in [0.05, 0.1) is 0 Å². The molecule has 0 aliphatic heterocycles. The minimum absolute atomic E-state index is 0. The Morgan fingerprint density at radius 2 is 1.50 bits per heavy atom. The van der Waals surface area contributed by atoms with Gasteiger partial charge in [0, 0.05) is 6.04 Å². The second-order valence-electron chi connectivity index (χ2n) is 5.01. The van der Waals surface area contributed by atoms with Crippen molar-refractivity contribution in [1.29, 1.82) is 0 Å². The van der Waals surface area contributed by atoms with Crippen LogP contribution in [-0.4, -0.2) is 13.1 Å². The zero-order chi connectivity index (χ0) is 9.15. The number of hydrogen-bond donors (Lipinski definition) is 1. The van der Waals surface area contributed by atoms with E-state index in [1.807, 2.05) is 0 Å². The molecule has 2 saturated carbocycles. The Morgan fingerprint density at radius 3 is 2.07 bits per heavy atom. The largest absolute Gasteiger partial charge is 0.316 e. The van der Waals surface area contributed by atoms with Gasteiger partial charge in [-0.2, -0.15) is 0 Å². The zero-order valence-corrected chi connectivity index (χ0v) is 10.2. The summed E-state index contributed by atoms with van der Waals surface area (Å²) in [5, 5.41) is 3.56. The fourth-order valence-corrected chi connectivity index (χ4v) is 3.61. The van der Waals surface area contributed by atoms with Crippen molar-refractivity contribution in [1.82, 2.24) is 5.32 Å². The highest BCUT2D eigenvalue weighted by Crippen LogP contribution is 2.47. The maximum atomic E-state index is 3.56. The van der Waals surface area contributed by atoms with Crippen molar-refractivity contribution in [3.05, 3.63) is 0 Å². The summed E-state index contributed by atoms with van der Waals surface area (Å²) in [5.74, 6) is 0. The van der Waals surface area contributed by atoms with E-state index in [4.69, 9.17) is 0 Å². The summed E-state index contributed by atoms with van der Waals surface area (Å²) in [7, 11) is 2.16. The third-order valence-corrected chi connectivity index (χ3v) is 4.35. The molecule has 2 aliphatic carbocycles. The Labute approximate surface area is 94.4 Å². The summed E-state index contributed by atoms with van der Waals surface area (Å²) in [6, 6.07) is 0.835. The summed E-state index contributed by atoms with van der Waals surface area (Å²) >= 11 is 0. The van der Waals surface area contributed by atoms with Gasteiger partial charge in [-0.1, -0.05) is 32.1 Å². The van der Waals surface area contributed by atoms with E-state index in [9.17, 15) is 0 Å². The van der Waals surface area contributed by atoms with Gasteiger partial charge >= 0.3 is 0 Å². The lowest BCUT2D eigenvalue weighted by molar-refractivity contribution is 0.0792. The summed E-state index contributed by atoms with van der Waals surface area (Å²) < 4.78 is 0. The van der Waals surface area contributed by atoms with E-state index < -0.39 is 0 Å².